The zero-order valence-corrected chi connectivity index (χ0v) is 11.1. The van der Waals surface area contributed by atoms with Crippen LogP contribution in [0.4, 0.5) is 0 Å². The first kappa shape index (κ1) is 10.5. The van der Waals surface area contributed by atoms with Crippen molar-refractivity contribution in [2.24, 2.45) is 0 Å². The van der Waals surface area contributed by atoms with Crippen LogP contribution in [0.2, 0.25) is 5.02 Å². The molecule has 1 aromatic heterocycles. The second-order valence-electron chi connectivity index (χ2n) is 4.16. The van der Waals surface area contributed by atoms with Gasteiger partial charge in [0.1, 0.15) is 0 Å². The summed E-state index contributed by atoms with van der Waals surface area (Å²) in [5.41, 5.74) is 5.16. The van der Waals surface area contributed by atoms with E-state index in [1.54, 1.807) is 0 Å². The van der Waals surface area contributed by atoms with Gasteiger partial charge in [-0.1, -0.05) is 27.5 Å². The Bertz CT molecular complexity index is 565. The zero-order valence-electron chi connectivity index (χ0n) is 8.76. The lowest BCUT2D eigenvalue weighted by Crippen LogP contribution is -1.96. The summed E-state index contributed by atoms with van der Waals surface area (Å²) in [5.74, 6) is 0. The van der Waals surface area contributed by atoms with Gasteiger partial charge in [-0.25, -0.2) is 0 Å². The van der Waals surface area contributed by atoms with Crippen molar-refractivity contribution in [2.45, 2.75) is 24.6 Å². The monoisotopic (exact) mass is 295 g/mol. The molecule has 0 amide bonds. The summed E-state index contributed by atoms with van der Waals surface area (Å²) >= 11 is 9.64. The van der Waals surface area contributed by atoms with E-state index in [2.05, 4.69) is 15.9 Å². The van der Waals surface area contributed by atoms with Gasteiger partial charge in [-0.15, -0.1) is 0 Å². The molecule has 1 aliphatic carbocycles. The van der Waals surface area contributed by atoms with Crippen LogP contribution in [0, 0.1) is 0 Å². The molecule has 0 unspecified atom stereocenters. The SMILES string of the molecule is Clc1ccc2nc3c(c(CBr)c2c1)CCC3. The molecule has 3 heteroatoms. The Kier molecular flexibility index (Phi) is 2.64. The lowest BCUT2D eigenvalue weighted by Gasteiger charge is -2.10. The van der Waals surface area contributed by atoms with Gasteiger partial charge in [0.15, 0.2) is 0 Å². The molecular weight excluding hydrogens is 286 g/mol. The van der Waals surface area contributed by atoms with Gasteiger partial charge < -0.3 is 0 Å². The van der Waals surface area contributed by atoms with Crippen molar-refractivity contribution in [1.82, 2.24) is 4.98 Å². The second-order valence-corrected chi connectivity index (χ2v) is 5.16. The average molecular weight is 297 g/mol. The maximum absolute atomic E-state index is 6.06. The van der Waals surface area contributed by atoms with Crippen LogP contribution < -0.4 is 0 Å². The van der Waals surface area contributed by atoms with E-state index in [-0.39, 0.29) is 0 Å². The third kappa shape index (κ3) is 1.56. The van der Waals surface area contributed by atoms with Gasteiger partial charge in [0.25, 0.3) is 0 Å². The van der Waals surface area contributed by atoms with Crippen molar-refractivity contribution in [2.75, 3.05) is 0 Å². The van der Waals surface area contributed by atoms with E-state index in [1.807, 2.05) is 18.2 Å². The van der Waals surface area contributed by atoms with Crippen molar-refractivity contribution >= 4 is 38.4 Å². The molecule has 0 fully saturated rings. The van der Waals surface area contributed by atoms with Gasteiger partial charge in [0.05, 0.1) is 5.52 Å². The Balaban J connectivity index is 2.40. The number of hydrogen-bond acceptors (Lipinski definition) is 1. The fourth-order valence-corrected chi connectivity index (χ4v) is 3.30. The first-order valence-electron chi connectivity index (χ1n) is 5.45. The van der Waals surface area contributed by atoms with Crippen LogP contribution in [-0.2, 0) is 18.2 Å². The summed E-state index contributed by atoms with van der Waals surface area (Å²) in [4.78, 5) is 4.73. The van der Waals surface area contributed by atoms with Crippen LogP contribution in [0.15, 0.2) is 18.2 Å². The van der Waals surface area contributed by atoms with Crippen LogP contribution in [-0.4, -0.2) is 4.98 Å². The molecule has 0 bridgehead atoms. The van der Waals surface area contributed by atoms with Crippen molar-refractivity contribution < 1.29 is 0 Å². The highest BCUT2D eigenvalue weighted by Gasteiger charge is 2.18. The Morgan fingerprint density at radius 1 is 1.31 bits per heavy atom. The molecule has 0 N–H and O–H groups in total. The fraction of sp³-hybridized carbons (Fsp3) is 0.308. The summed E-state index contributed by atoms with van der Waals surface area (Å²) in [7, 11) is 0. The molecule has 82 valence electrons. The van der Waals surface area contributed by atoms with Crippen molar-refractivity contribution in [3.63, 3.8) is 0 Å². The molecule has 0 atom stereocenters. The topological polar surface area (TPSA) is 12.9 Å². The number of fused-ring (bicyclic) bond motifs is 2. The zero-order chi connectivity index (χ0) is 11.1. The third-order valence-electron chi connectivity index (χ3n) is 3.23. The van der Waals surface area contributed by atoms with E-state index in [1.165, 1.54) is 28.6 Å². The molecule has 1 aliphatic rings. The molecule has 3 rings (SSSR count). The number of nitrogens with zero attached hydrogens (tertiary/aromatic N) is 1. The van der Waals surface area contributed by atoms with Crippen molar-refractivity contribution in [3.8, 4) is 0 Å². The molecule has 2 aromatic rings. The highest BCUT2D eigenvalue weighted by Crippen LogP contribution is 2.32. The quantitative estimate of drug-likeness (QED) is 0.716. The fourth-order valence-electron chi connectivity index (χ4n) is 2.48. The van der Waals surface area contributed by atoms with Gasteiger partial charge in [0, 0.05) is 21.4 Å². The molecule has 0 spiro atoms. The minimum Gasteiger partial charge on any atom is -0.253 e. The Hall–Kier alpha value is -0.600. The van der Waals surface area contributed by atoms with Crippen LogP contribution in [0.3, 0.4) is 0 Å². The van der Waals surface area contributed by atoms with Crippen LogP contribution >= 0.6 is 27.5 Å². The first-order chi connectivity index (χ1) is 7.79. The lowest BCUT2D eigenvalue weighted by molar-refractivity contribution is 0.900. The molecule has 1 aromatic carbocycles. The standard InChI is InChI=1S/C13H11BrClN/c14-7-11-9-2-1-3-12(9)16-13-5-4-8(15)6-10(11)13/h4-6H,1-3,7H2. The van der Waals surface area contributed by atoms with Gasteiger partial charge in [-0.3, -0.25) is 4.98 Å². The number of pyridine rings is 1. The van der Waals surface area contributed by atoms with E-state index < -0.39 is 0 Å². The first-order valence-corrected chi connectivity index (χ1v) is 6.95. The normalized spacial score (nSPS) is 14.4. The molecule has 0 radical (unpaired) electrons. The van der Waals surface area contributed by atoms with Gasteiger partial charge in [-0.05, 0) is 48.6 Å². The molecule has 16 heavy (non-hydrogen) atoms. The predicted molar refractivity (Wildman–Crippen MR) is 71.4 cm³/mol. The lowest BCUT2D eigenvalue weighted by atomic mass is 10.0. The van der Waals surface area contributed by atoms with E-state index in [4.69, 9.17) is 16.6 Å². The second kappa shape index (κ2) is 4.01. The average Bonchev–Trinajstić information content (AvgIpc) is 2.73. The van der Waals surface area contributed by atoms with Crippen LogP contribution in [0.5, 0.6) is 0 Å². The largest absolute Gasteiger partial charge is 0.253 e. The highest BCUT2D eigenvalue weighted by molar-refractivity contribution is 9.08. The Labute approximate surface area is 108 Å². The minimum atomic E-state index is 0.787. The van der Waals surface area contributed by atoms with E-state index in [9.17, 15) is 0 Å². The highest BCUT2D eigenvalue weighted by atomic mass is 79.9. The summed E-state index contributed by atoms with van der Waals surface area (Å²) in [6, 6.07) is 5.96. The van der Waals surface area contributed by atoms with Crippen LogP contribution in [0.25, 0.3) is 10.9 Å². The van der Waals surface area contributed by atoms with E-state index in [0.29, 0.717) is 0 Å². The number of benzene rings is 1. The third-order valence-corrected chi connectivity index (χ3v) is 4.02. The maximum Gasteiger partial charge on any atom is 0.0709 e. The predicted octanol–water partition coefficient (Wildman–Crippen LogP) is 4.27. The number of alkyl halides is 1. The van der Waals surface area contributed by atoms with Crippen molar-refractivity contribution in [1.29, 1.82) is 0 Å². The van der Waals surface area contributed by atoms with Gasteiger partial charge >= 0.3 is 0 Å². The minimum absolute atomic E-state index is 0.787. The number of aromatic nitrogens is 1. The molecule has 1 nitrogen and oxygen atoms in total. The van der Waals surface area contributed by atoms with Crippen molar-refractivity contribution in [3.05, 3.63) is 40.0 Å². The van der Waals surface area contributed by atoms with Crippen LogP contribution in [0.1, 0.15) is 23.2 Å². The molecular formula is C13H11BrClN. The number of halogens is 2. The van der Waals surface area contributed by atoms with Gasteiger partial charge in [0.2, 0.25) is 0 Å². The smallest absolute Gasteiger partial charge is 0.0709 e. The molecule has 0 saturated carbocycles. The number of aryl methyl sites for hydroxylation is 1. The van der Waals surface area contributed by atoms with E-state index >= 15 is 0 Å². The summed E-state index contributed by atoms with van der Waals surface area (Å²) in [6.07, 6.45) is 3.51. The Morgan fingerprint density at radius 3 is 3.00 bits per heavy atom. The molecule has 0 aliphatic heterocycles. The maximum atomic E-state index is 6.06. The number of hydrogen-bond donors (Lipinski definition) is 0. The van der Waals surface area contributed by atoms with E-state index in [0.717, 1.165) is 28.7 Å². The molecule has 1 heterocycles. The molecule has 0 saturated heterocycles. The number of rotatable bonds is 1. The summed E-state index contributed by atoms with van der Waals surface area (Å²) in [5, 5.41) is 2.87. The van der Waals surface area contributed by atoms with Gasteiger partial charge in [-0.2, -0.15) is 0 Å². The summed E-state index contributed by atoms with van der Waals surface area (Å²) < 4.78 is 0. The summed E-state index contributed by atoms with van der Waals surface area (Å²) in [6.45, 7) is 0. The Morgan fingerprint density at radius 2 is 2.19 bits per heavy atom.